The predicted molar refractivity (Wildman–Crippen MR) is 95.6 cm³/mol. The van der Waals surface area contributed by atoms with E-state index in [0.717, 1.165) is 5.56 Å². The van der Waals surface area contributed by atoms with E-state index in [1.54, 1.807) is 24.3 Å². The number of carbonyl (C=O) groups is 1. The number of nitrogens with one attached hydrogen (secondary N) is 1. The first kappa shape index (κ1) is 16.0. The molecule has 1 amide bonds. The Morgan fingerprint density at radius 3 is 1.88 bits per heavy atom. The molecule has 3 aromatic rings. The minimum atomic E-state index is -1.64. The fourth-order valence-electron chi connectivity index (χ4n) is 2.67. The van der Waals surface area contributed by atoms with E-state index in [4.69, 9.17) is 0 Å². The molecule has 3 aromatic carbocycles. The molecule has 24 heavy (non-hydrogen) atoms. The third-order valence-corrected chi connectivity index (χ3v) is 3.96. The molecular weight excluding hydrogens is 298 g/mol. The topological polar surface area (TPSA) is 49.3 Å². The summed E-state index contributed by atoms with van der Waals surface area (Å²) in [6, 6.07) is 27.7. The summed E-state index contributed by atoms with van der Waals surface area (Å²) < 4.78 is 0. The third-order valence-electron chi connectivity index (χ3n) is 3.96. The summed E-state index contributed by atoms with van der Waals surface area (Å²) in [5, 5.41) is 14.1. The Morgan fingerprint density at radius 2 is 1.29 bits per heavy atom. The van der Waals surface area contributed by atoms with Gasteiger partial charge in [-0.2, -0.15) is 0 Å². The summed E-state index contributed by atoms with van der Waals surface area (Å²) in [5.41, 5.74) is 0.484. The monoisotopic (exact) mass is 317 g/mol. The highest BCUT2D eigenvalue weighted by atomic mass is 16.3. The summed E-state index contributed by atoms with van der Waals surface area (Å²) in [4.78, 5) is 12.9. The maximum Gasteiger partial charge on any atom is 0.261 e. The van der Waals surface area contributed by atoms with Crippen LogP contribution in [-0.4, -0.2) is 11.0 Å². The van der Waals surface area contributed by atoms with Gasteiger partial charge in [0.15, 0.2) is 5.60 Å². The van der Waals surface area contributed by atoms with Crippen LogP contribution in [0.15, 0.2) is 91.0 Å². The van der Waals surface area contributed by atoms with Crippen LogP contribution in [-0.2, 0) is 16.8 Å². The van der Waals surface area contributed by atoms with Crippen LogP contribution in [0.1, 0.15) is 11.1 Å². The average molecular weight is 317 g/mol. The van der Waals surface area contributed by atoms with Gasteiger partial charge >= 0.3 is 0 Å². The minimum Gasteiger partial charge on any atom is -0.375 e. The zero-order chi connectivity index (χ0) is 16.8. The molecule has 1 unspecified atom stereocenters. The minimum absolute atomic E-state index is 0.205. The number of aliphatic hydroxyl groups is 1. The van der Waals surface area contributed by atoms with E-state index in [1.807, 2.05) is 66.7 Å². The Balaban J connectivity index is 1.94. The van der Waals surface area contributed by atoms with Crippen molar-refractivity contribution in [2.75, 3.05) is 5.32 Å². The first-order chi connectivity index (χ1) is 11.7. The summed E-state index contributed by atoms with van der Waals surface area (Å²) in [5.74, 6) is -0.441. The number of carbonyl (C=O) groups excluding carboxylic acids is 1. The van der Waals surface area contributed by atoms with Gasteiger partial charge in [-0.15, -0.1) is 0 Å². The zero-order valence-electron chi connectivity index (χ0n) is 13.2. The molecule has 3 nitrogen and oxygen atoms in total. The second-order valence-electron chi connectivity index (χ2n) is 5.71. The van der Waals surface area contributed by atoms with E-state index < -0.39 is 11.5 Å². The Labute approximate surface area is 141 Å². The van der Waals surface area contributed by atoms with Gasteiger partial charge in [0, 0.05) is 12.1 Å². The summed E-state index contributed by atoms with van der Waals surface area (Å²) >= 11 is 0. The van der Waals surface area contributed by atoms with Gasteiger partial charge in [0.2, 0.25) is 0 Å². The summed E-state index contributed by atoms with van der Waals surface area (Å²) in [6.45, 7) is 0. The van der Waals surface area contributed by atoms with Gasteiger partial charge in [0.1, 0.15) is 0 Å². The van der Waals surface area contributed by atoms with E-state index in [2.05, 4.69) is 5.32 Å². The van der Waals surface area contributed by atoms with Crippen molar-refractivity contribution in [2.45, 2.75) is 12.0 Å². The lowest BCUT2D eigenvalue weighted by Crippen LogP contribution is -2.42. The van der Waals surface area contributed by atoms with Crippen LogP contribution < -0.4 is 5.32 Å². The van der Waals surface area contributed by atoms with Crippen LogP contribution in [0.25, 0.3) is 0 Å². The van der Waals surface area contributed by atoms with Crippen LogP contribution in [0.4, 0.5) is 5.69 Å². The molecule has 0 fully saturated rings. The molecule has 0 saturated carbocycles. The van der Waals surface area contributed by atoms with Gasteiger partial charge in [-0.3, -0.25) is 4.79 Å². The van der Waals surface area contributed by atoms with Gasteiger partial charge < -0.3 is 10.4 Å². The maximum absolute atomic E-state index is 12.9. The van der Waals surface area contributed by atoms with Crippen LogP contribution >= 0.6 is 0 Å². The smallest absolute Gasteiger partial charge is 0.261 e. The molecule has 0 aliphatic carbocycles. The highest BCUT2D eigenvalue weighted by Gasteiger charge is 2.38. The maximum atomic E-state index is 12.9. The van der Waals surface area contributed by atoms with Crippen molar-refractivity contribution in [3.63, 3.8) is 0 Å². The second-order valence-corrected chi connectivity index (χ2v) is 5.71. The first-order valence-corrected chi connectivity index (χ1v) is 7.87. The van der Waals surface area contributed by atoms with Gasteiger partial charge in [0.25, 0.3) is 5.91 Å². The highest BCUT2D eigenvalue weighted by Crippen LogP contribution is 2.27. The number of hydrogen-bond acceptors (Lipinski definition) is 2. The van der Waals surface area contributed by atoms with Crippen molar-refractivity contribution in [2.24, 2.45) is 0 Å². The van der Waals surface area contributed by atoms with E-state index in [1.165, 1.54) is 0 Å². The normalized spacial score (nSPS) is 13.0. The Hall–Kier alpha value is -2.91. The largest absolute Gasteiger partial charge is 0.375 e. The number of amides is 1. The van der Waals surface area contributed by atoms with Crippen molar-refractivity contribution in [3.8, 4) is 0 Å². The Morgan fingerprint density at radius 1 is 0.792 bits per heavy atom. The molecule has 0 aliphatic rings. The van der Waals surface area contributed by atoms with Crippen molar-refractivity contribution in [3.05, 3.63) is 102 Å². The summed E-state index contributed by atoms with van der Waals surface area (Å²) in [7, 11) is 0. The van der Waals surface area contributed by atoms with Crippen LogP contribution in [0, 0.1) is 0 Å². The Kier molecular flexibility index (Phi) is 4.73. The molecular formula is C21H19NO2. The lowest BCUT2D eigenvalue weighted by atomic mass is 9.86. The number of para-hydroxylation sites is 1. The third kappa shape index (κ3) is 3.53. The van der Waals surface area contributed by atoms with Crippen LogP contribution in [0.3, 0.4) is 0 Å². The highest BCUT2D eigenvalue weighted by molar-refractivity contribution is 5.98. The van der Waals surface area contributed by atoms with E-state index in [-0.39, 0.29) is 6.42 Å². The molecule has 0 aliphatic heterocycles. The SMILES string of the molecule is O=C(Nc1ccccc1)C(O)(Cc1ccccc1)c1ccccc1. The molecule has 0 saturated heterocycles. The predicted octanol–water partition coefficient (Wildman–Crippen LogP) is 3.76. The fraction of sp³-hybridized carbons (Fsp3) is 0.0952. The number of rotatable bonds is 5. The molecule has 3 heteroatoms. The molecule has 0 radical (unpaired) electrons. The van der Waals surface area contributed by atoms with Gasteiger partial charge in [-0.1, -0.05) is 78.9 Å². The molecule has 2 N–H and O–H groups in total. The molecule has 0 spiro atoms. The van der Waals surface area contributed by atoms with Crippen molar-refractivity contribution in [1.82, 2.24) is 0 Å². The number of hydrogen-bond donors (Lipinski definition) is 2. The lowest BCUT2D eigenvalue weighted by molar-refractivity contribution is -0.135. The Bertz CT molecular complexity index is 788. The molecule has 0 bridgehead atoms. The fourth-order valence-corrected chi connectivity index (χ4v) is 2.67. The van der Waals surface area contributed by atoms with E-state index >= 15 is 0 Å². The molecule has 3 rings (SSSR count). The van der Waals surface area contributed by atoms with Crippen LogP contribution in [0.2, 0.25) is 0 Å². The lowest BCUT2D eigenvalue weighted by Gasteiger charge is -2.27. The molecule has 0 aromatic heterocycles. The molecule has 0 heterocycles. The van der Waals surface area contributed by atoms with Crippen molar-refractivity contribution < 1.29 is 9.90 Å². The molecule has 120 valence electrons. The van der Waals surface area contributed by atoms with Crippen LogP contribution in [0.5, 0.6) is 0 Å². The number of benzene rings is 3. The first-order valence-electron chi connectivity index (χ1n) is 7.87. The molecule has 1 atom stereocenters. The average Bonchev–Trinajstić information content (AvgIpc) is 2.64. The quantitative estimate of drug-likeness (QED) is 0.753. The van der Waals surface area contributed by atoms with Gasteiger partial charge in [-0.05, 0) is 23.3 Å². The van der Waals surface area contributed by atoms with E-state index in [9.17, 15) is 9.90 Å². The van der Waals surface area contributed by atoms with Crippen molar-refractivity contribution >= 4 is 11.6 Å². The van der Waals surface area contributed by atoms with E-state index in [0.29, 0.717) is 11.3 Å². The standard InChI is InChI=1S/C21H19NO2/c23-20(22-19-14-8-3-9-15-19)21(24,18-12-6-2-7-13-18)16-17-10-4-1-5-11-17/h1-15,24H,16H2,(H,22,23). The van der Waals surface area contributed by atoms with Crippen molar-refractivity contribution in [1.29, 1.82) is 0 Å². The zero-order valence-corrected chi connectivity index (χ0v) is 13.2. The van der Waals surface area contributed by atoms with Gasteiger partial charge in [0.05, 0.1) is 0 Å². The number of anilines is 1. The second kappa shape index (κ2) is 7.11. The van der Waals surface area contributed by atoms with Gasteiger partial charge in [-0.25, -0.2) is 0 Å². The summed E-state index contributed by atoms with van der Waals surface area (Å²) in [6.07, 6.45) is 0.205.